The van der Waals surface area contributed by atoms with Crippen LogP contribution in [0.1, 0.15) is 72.0 Å². The van der Waals surface area contributed by atoms with Crippen LogP contribution in [0, 0.1) is 12.8 Å². The van der Waals surface area contributed by atoms with Gasteiger partial charge >= 0.3 is 0 Å². The quantitative estimate of drug-likeness (QED) is 0.792. The number of nitrogens with zero attached hydrogens (tertiary/aromatic N) is 3. The van der Waals surface area contributed by atoms with Crippen molar-refractivity contribution in [3.8, 4) is 0 Å². The molecule has 1 heterocycles. The minimum absolute atomic E-state index is 0.0428. The molecule has 138 valence electrons. The minimum Gasteiger partial charge on any atom is -0.343 e. The van der Waals surface area contributed by atoms with Crippen molar-refractivity contribution < 1.29 is 9.59 Å². The van der Waals surface area contributed by atoms with E-state index in [9.17, 15) is 9.59 Å². The second-order valence-corrected chi connectivity index (χ2v) is 7.28. The Morgan fingerprint density at radius 1 is 1.12 bits per heavy atom. The highest BCUT2D eigenvalue weighted by Gasteiger charge is 2.23. The van der Waals surface area contributed by atoms with Crippen LogP contribution in [-0.2, 0) is 0 Å². The van der Waals surface area contributed by atoms with Crippen molar-refractivity contribution >= 4 is 11.8 Å². The van der Waals surface area contributed by atoms with Crippen molar-refractivity contribution in [3.05, 3.63) is 29.1 Å². The van der Waals surface area contributed by atoms with E-state index in [2.05, 4.69) is 11.9 Å². The lowest BCUT2D eigenvalue weighted by Crippen LogP contribution is -2.37. The van der Waals surface area contributed by atoms with Crippen molar-refractivity contribution in [3.63, 3.8) is 0 Å². The van der Waals surface area contributed by atoms with E-state index in [0.717, 1.165) is 19.5 Å². The second-order valence-electron chi connectivity index (χ2n) is 7.28. The predicted molar refractivity (Wildman–Crippen MR) is 99.8 cm³/mol. The third-order valence-corrected chi connectivity index (χ3v) is 4.93. The van der Waals surface area contributed by atoms with E-state index < -0.39 is 0 Å². The molecule has 1 aromatic rings. The van der Waals surface area contributed by atoms with Gasteiger partial charge in [-0.05, 0) is 44.2 Å². The minimum atomic E-state index is -0.144. The van der Waals surface area contributed by atoms with Crippen LogP contribution in [0.15, 0.2) is 12.1 Å². The lowest BCUT2D eigenvalue weighted by atomic mass is 9.88. The average Bonchev–Trinajstić information content (AvgIpc) is 2.61. The third-order valence-electron chi connectivity index (χ3n) is 4.93. The zero-order valence-electron chi connectivity index (χ0n) is 16.0. The van der Waals surface area contributed by atoms with Crippen LogP contribution in [0.25, 0.3) is 0 Å². The Kier molecular flexibility index (Phi) is 6.97. The summed E-state index contributed by atoms with van der Waals surface area (Å²) >= 11 is 0. The lowest BCUT2D eigenvalue weighted by Gasteiger charge is -2.30. The number of carbonyl (C=O) groups is 2. The van der Waals surface area contributed by atoms with Crippen molar-refractivity contribution in [1.29, 1.82) is 0 Å². The van der Waals surface area contributed by atoms with Crippen molar-refractivity contribution in [1.82, 2.24) is 14.8 Å². The number of carbonyl (C=O) groups excluding carboxylic acids is 2. The summed E-state index contributed by atoms with van der Waals surface area (Å²) in [6, 6.07) is 3.41. The first-order valence-corrected chi connectivity index (χ1v) is 9.42. The second kappa shape index (κ2) is 8.97. The van der Waals surface area contributed by atoms with E-state index in [-0.39, 0.29) is 11.8 Å². The van der Waals surface area contributed by atoms with Gasteiger partial charge in [-0.25, -0.2) is 4.98 Å². The monoisotopic (exact) mass is 345 g/mol. The number of pyridine rings is 1. The normalized spacial score (nSPS) is 15.0. The van der Waals surface area contributed by atoms with Crippen LogP contribution in [0.5, 0.6) is 0 Å². The fourth-order valence-corrected chi connectivity index (χ4v) is 3.53. The van der Waals surface area contributed by atoms with Gasteiger partial charge < -0.3 is 9.80 Å². The van der Waals surface area contributed by atoms with Crippen molar-refractivity contribution in [2.24, 2.45) is 5.92 Å². The van der Waals surface area contributed by atoms with Gasteiger partial charge in [-0.1, -0.05) is 26.2 Å². The number of aryl methyl sites for hydroxylation is 1. The number of rotatable bonds is 6. The zero-order chi connectivity index (χ0) is 18.4. The molecular formula is C20H31N3O2. The highest BCUT2D eigenvalue weighted by Crippen LogP contribution is 2.25. The Balaban J connectivity index is 2.16. The number of hydrogen-bond donors (Lipinski definition) is 0. The Morgan fingerprint density at radius 2 is 1.80 bits per heavy atom. The molecule has 5 nitrogen and oxygen atoms in total. The molecule has 0 aliphatic heterocycles. The first-order chi connectivity index (χ1) is 11.9. The topological polar surface area (TPSA) is 53.5 Å². The van der Waals surface area contributed by atoms with Gasteiger partial charge in [-0.3, -0.25) is 9.59 Å². The molecule has 0 bridgehead atoms. The molecule has 0 saturated heterocycles. The van der Waals surface area contributed by atoms with Crippen molar-refractivity contribution in [2.45, 2.75) is 52.4 Å². The zero-order valence-corrected chi connectivity index (χ0v) is 16.0. The maximum absolute atomic E-state index is 13.0. The number of hydrogen-bond acceptors (Lipinski definition) is 3. The van der Waals surface area contributed by atoms with E-state index in [4.69, 9.17) is 0 Å². The van der Waals surface area contributed by atoms with Crippen LogP contribution in [0.4, 0.5) is 0 Å². The summed E-state index contributed by atoms with van der Waals surface area (Å²) in [7, 11) is 3.40. The highest BCUT2D eigenvalue weighted by molar-refractivity contribution is 5.97. The highest BCUT2D eigenvalue weighted by atomic mass is 16.2. The van der Waals surface area contributed by atoms with Gasteiger partial charge in [0.1, 0.15) is 5.69 Å². The van der Waals surface area contributed by atoms with Gasteiger partial charge in [0.25, 0.3) is 11.8 Å². The van der Waals surface area contributed by atoms with Gasteiger partial charge in [0, 0.05) is 27.2 Å². The van der Waals surface area contributed by atoms with E-state index >= 15 is 0 Å². The number of aromatic nitrogens is 1. The molecule has 1 aliphatic carbocycles. The molecular weight excluding hydrogens is 314 g/mol. The molecule has 1 aliphatic rings. The molecule has 1 fully saturated rings. The van der Waals surface area contributed by atoms with Crippen LogP contribution in [0.3, 0.4) is 0 Å². The van der Waals surface area contributed by atoms with Crippen LogP contribution in [0.2, 0.25) is 0 Å². The molecule has 0 aromatic carbocycles. The largest absolute Gasteiger partial charge is 0.343 e. The van der Waals surface area contributed by atoms with Gasteiger partial charge in [0.2, 0.25) is 0 Å². The molecule has 0 atom stereocenters. The molecule has 1 aromatic heterocycles. The van der Waals surface area contributed by atoms with Gasteiger partial charge in [-0.2, -0.15) is 0 Å². The molecule has 0 spiro atoms. The molecule has 5 heteroatoms. The maximum atomic E-state index is 13.0. The molecule has 2 amide bonds. The standard InChI is InChI=1S/C20H31N3O2/c1-5-13-23(14-16-9-7-6-8-10-16)19(24)17-11-12-18(21-15(17)2)20(25)22(3)4/h11-12,16H,5-10,13-14H2,1-4H3. The van der Waals surface area contributed by atoms with Crippen molar-refractivity contribution in [2.75, 3.05) is 27.2 Å². The molecule has 0 unspecified atom stereocenters. The molecule has 2 rings (SSSR count). The summed E-state index contributed by atoms with van der Waals surface area (Å²) in [5, 5.41) is 0. The smallest absolute Gasteiger partial charge is 0.271 e. The molecule has 25 heavy (non-hydrogen) atoms. The number of amides is 2. The summed E-state index contributed by atoms with van der Waals surface area (Å²) in [6.45, 7) is 5.52. The lowest BCUT2D eigenvalue weighted by molar-refractivity contribution is 0.0711. The summed E-state index contributed by atoms with van der Waals surface area (Å²) < 4.78 is 0. The van der Waals surface area contributed by atoms with E-state index in [1.54, 1.807) is 26.2 Å². The molecule has 0 radical (unpaired) electrons. The third kappa shape index (κ3) is 5.03. The Bertz CT molecular complexity index is 607. The Morgan fingerprint density at radius 3 is 2.36 bits per heavy atom. The first-order valence-electron chi connectivity index (χ1n) is 9.42. The summed E-state index contributed by atoms with van der Waals surface area (Å²) in [5.41, 5.74) is 1.62. The maximum Gasteiger partial charge on any atom is 0.271 e. The van der Waals surface area contributed by atoms with E-state index in [1.807, 2.05) is 11.8 Å². The predicted octanol–water partition coefficient (Wildman–Crippen LogP) is 3.52. The summed E-state index contributed by atoms with van der Waals surface area (Å²) in [4.78, 5) is 32.9. The van der Waals surface area contributed by atoms with E-state index in [0.29, 0.717) is 22.9 Å². The Labute approximate surface area is 151 Å². The van der Waals surface area contributed by atoms with Gasteiger partial charge in [0.15, 0.2) is 0 Å². The van der Waals surface area contributed by atoms with E-state index in [1.165, 1.54) is 37.0 Å². The fourth-order valence-electron chi connectivity index (χ4n) is 3.53. The Hall–Kier alpha value is -1.91. The first kappa shape index (κ1) is 19.4. The van der Waals surface area contributed by atoms with Crippen LogP contribution < -0.4 is 0 Å². The SMILES string of the molecule is CCCN(CC1CCCCC1)C(=O)c1ccc(C(=O)N(C)C)nc1C. The molecule has 1 saturated carbocycles. The summed E-state index contributed by atoms with van der Waals surface area (Å²) in [6.07, 6.45) is 7.27. The van der Waals surface area contributed by atoms with Gasteiger partial charge in [-0.15, -0.1) is 0 Å². The molecule has 0 N–H and O–H groups in total. The van der Waals surface area contributed by atoms with Crippen LogP contribution in [-0.4, -0.2) is 53.8 Å². The average molecular weight is 345 g/mol. The van der Waals surface area contributed by atoms with Crippen LogP contribution >= 0.6 is 0 Å². The fraction of sp³-hybridized carbons (Fsp3) is 0.650. The van der Waals surface area contributed by atoms with Gasteiger partial charge in [0.05, 0.1) is 11.3 Å². The summed E-state index contributed by atoms with van der Waals surface area (Å²) in [5.74, 6) is 0.517.